The van der Waals surface area contributed by atoms with Crippen LogP contribution >= 0.6 is 23.2 Å². The van der Waals surface area contributed by atoms with Gasteiger partial charge in [-0.15, -0.1) is 0 Å². The van der Waals surface area contributed by atoms with Gasteiger partial charge in [-0.05, 0) is 79.5 Å². The average molecular weight is 392 g/mol. The van der Waals surface area contributed by atoms with Crippen molar-refractivity contribution in [3.8, 4) is 5.75 Å². The standard InChI is InChI=1S/C21H23Cl2NO2/c1-26-20-11-6-16(13-19(20)23)15-4-2-14(3-5-15)12-21(25)24-18-9-7-17(22)8-10-18/h6-11,13-15H,2-5,12H2,1H3,(H,24,25)/t14-,15+. The Labute approximate surface area is 164 Å². The molecule has 1 N–H and O–H groups in total. The molecule has 1 aliphatic rings. The fourth-order valence-electron chi connectivity index (χ4n) is 3.64. The molecule has 0 heterocycles. The largest absolute Gasteiger partial charge is 0.495 e. The van der Waals surface area contributed by atoms with Crippen molar-refractivity contribution < 1.29 is 9.53 Å². The van der Waals surface area contributed by atoms with E-state index in [2.05, 4.69) is 11.4 Å². The normalized spacial score (nSPS) is 19.8. The van der Waals surface area contributed by atoms with E-state index in [1.54, 1.807) is 19.2 Å². The molecule has 5 heteroatoms. The van der Waals surface area contributed by atoms with Gasteiger partial charge in [0.2, 0.25) is 5.91 Å². The molecule has 0 atom stereocenters. The number of halogens is 2. The van der Waals surface area contributed by atoms with Gasteiger partial charge >= 0.3 is 0 Å². The number of carbonyl (C=O) groups excluding carboxylic acids is 1. The zero-order valence-corrected chi connectivity index (χ0v) is 16.3. The van der Waals surface area contributed by atoms with Crippen molar-refractivity contribution in [3.05, 3.63) is 58.1 Å². The monoisotopic (exact) mass is 391 g/mol. The Hall–Kier alpha value is -1.71. The van der Waals surface area contributed by atoms with Crippen molar-refractivity contribution in [2.24, 2.45) is 5.92 Å². The number of methoxy groups -OCH3 is 1. The number of ether oxygens (including phenoxy) is 1. The van der Waals surface area contributed by atoms with Gasteiger partial charge in [-0.2, -0.15) is 0 Å². The summed E-state index contributed by atoms with van der Waals surface area (Å²) in [4.78, 5) is 12.3. The molecule has 1 amide bonds. The first-order valence-electron chi connectivity index (χ1n) is 8.94. The van der Waals surface area contributed by atoms with E-state index in [-0.39, 0.29) is 5.91 Å². The van der Waals surface area contributed by atoms with Gasteiger partial charge < -0.3 is 10.1 Å². The first-order chi connectivity index (χ1) is 12.5. The highest BCUT2D eigenvalue weighted by atomic mass is 35.5. The number of rotatable bonds is 5. The third-order valence-electron chi connectivity index (χ3n) is 5.10. The van der Waals surface area contributed by atoms with Crippen LogP contribution in [-0.2, 0) is 4.79 Å². The molecule has 26 heavy (non-hydrogen) atoms. The minimum atomic E-state index is 0.0725. The van der Waals surface area contributed by atoms with Crippen LogP contribution in [0.15, 0.2) is 42.5 Å². The maximum atomic E-state index is 12.3. The zero-order chi connectivity index (χ0) is 18.5. The molecule has 138 valence electrons. The van der Waals surface area contributed by atoms with Crippen molar-refractivity contribution in [2.45, 2.75) is 38.0 Å². The van der Waals surface area contributed by atoms with E-state index in [0.29, 0.717) is 34.1 Å². The Bertz CT molecular complexity index is 753. The Balaban J connectivity index is 1.49. The second-order valence-corrected chi connectivity index (χ2v) is 7.71. The van der Waals surface area contributed by atoms with Crippen molar-refractivity contribution in [3.63, 3.8) is 0 Å². The maximum Gasteiger partial charge on any atom is 0.224 e. The van der Waals surface area contributed by atoms with Gasteiger partial charge in [-0.1, -0.05) is 29.3 Å². The summed E-state index contributed by atoms with van der Waals surface area (Å²) in [6, 6.07) is 13.3. The second kappa shape index (κ2) is 8.79. The molecule has 0 aliphatic heterocycles. The first kappa shape index (κ1) is 19.1. The quantitative estimate of drug-likeness (QED) is 0.648. The van der Waals surface area contributed by atoms with E-state index < -0.39 is 0 Å². The highest BCUT2D eigenvalue weighted by molar-refractivity contribution is 6.32. The molecule has 0 bridgehead atoms. The molecule has 1 fully saturated rings. The lowest BCUT2D eigenvalue weighted by atomic mass is 9.77. The van der Waals surface area contributed by atoms with E-state index in [1.165, 1.54) is 5.56 Å². The number of benzene rings is 2. The Kier molecular flexibility index (Phi) is 6.44. The third-order valence-corrected chi connectivity index (χ3v) is 5.64. The van der Waals surface area contributed by atoms with E-state index in [0.717, 1.165) is 31.4 Å². The van der Waals surface area contributed by atoms with Gasteiger partial charge in [0.1, 0.15) is 5.75 Å². The van der Waals surface area contributed by atoms with Crippen LogP contribution in [0.3, 0.4) is 0 Å². The molecular weight excluding hydrogens is 369 g/mol. The van der Waals surface area contributed by atoms with Crippen LogP contribution < -0.4 is 10.1 Å². The van der Waals surface area contributed by atoms with Crippen LogP contribution in [0.2, 0.25) is 10.0 Å². The van der Waals surface area contributed by atoms with Gasteiger partial charge in [0.25, 0.3) is 0 Å². The number of hydrogen-bond acceptors (Lipinski definition) is 2. The molecule has 3 nitrogen and oxygen atoms in total. The predicted molar refractivity (Wildman–Crippen MR) is 107 cm³/mol. The number of carbonyl (C=O) groups is 1. The summed E-state index contributed by atoms with van der Waals surface area (Å²) in [5, 5.41) is 4.28. The van der Waals surface area contributed by atoms with E-state index in [4.69, 9.17) is 27.9 Å². The predicted octanol–water partition coefficient (Wildman–Crippen LogP) is 6.30. The Morgan fingerprint density at radius 2 is 1.77 bits per heavy atom. The molecule has 0 unspecified atom stereocenters. The average Bonchev–Trinajstić information content (AvgIpc) is 2.64. The minimum absolute atomic E-state index is 0.0725. The summed E-state index contributed by atoms with van der Waals surface area (Å²) >= 11 is 12.1. The number of hydrogen-bond donors (Lipinski definition) is 1. The van der Waals surface area contributed by atoms with Crippen molar-refractivity contribution in [1.29, 1.82) is 0 Å². The molecule has 1 aliphatic carbocycles. The van der Waals surface area contributed by atoms with Crippen LogP contribution in [0.1, 0.15) is 43.6 Å². The van der Waals surface area contributed by atoms with Crippen molar-refractivity contribution in [2.75, 3.05) is 12.4 Å². The van der Waals surface area contributed by atoms with Crippen LogP contribution in [0, 0.1) is 5.92 Å². The van der Waals surface area contributed by atoms with Crippen molar-refractivity contribution >= 4 is 34.8 Å². The summed E-state index contributed by atoms with van der Waals surface area (Å²) in [5.41, 5.74) is 2.06. The van der Waals surface area contributed by atoms with E-state index >= 15 is 0 Å². The zero-order valence-electron chi connectivity index (χ0n) is 14.8. The molecule has 0 radical (unpaired) electrons. The third kappa shape index (κ3) is 4.93. The number of amides is 1. The molecule has 2 aromatic rings. The Morgan fingerprint density at radius 3 is 2.38 bits per heavy atom. The minimum Gasteiger partial charge on any atom is -0.495 e. The topological polar surface area (TPSA) is 38.3 Å². The highest BCUT2D eigenvalue weighted by Gasteiger charge is 2.24. The molecule has 0 saturated heterocycles. The molecule has 2 aromatic carbocycles. The second-order valence-electron chi connectivity index (χ2n) is 6.87. The summed E-state index contributed by atoms with van der Waals surface area (Å²) in [7, 11) is 1.63. The lowest BCUT2D eigenvalue weighted by Gasteiger charge is -2.28. The van der Waals surface area contributed by atoms with Gasteiger partial charge in [0.15, 0.2) is 0 Å². The van der Waals surface area contributed by atoms with Crippen LogP contribution in [0.5, 0.6) is 5.75 Å². The molecule has 1 saturated carbocycles. The molecule has 0 aromatic heterocycles. The van der Waals surface area contributed by atoms with E-state index in [1.807, 2.05) is 24.3 Å². The van der Waals surface area contributed by atoms with Crippen LogP contribution in [0.4, 0.5) is 5.69 Å². The molecule has 0 spiro atoms. The lowest BCUT2D eigenvalue weighted by Crippen LogP contribution is -2.20. The summed E-state index contributed by atoms with van der Waals surface area (Å²) in [5.74, 6) is 1.73. The molecule has 3 rings (SSSR count). The van der Waals surface area contributed by atoms with Crippen LogP contribution in [0.25, 0.3) is 0 Å². The first-order valence-corrected chi connectivity index (χ1v) is 9.69. The number of nitrogens with one attached hydrogen (secondary N) is 1. The lowest BCUT2D eigenvalue weighted by molar-refractivity contribution is -0.117. The highest BCUT2D eigenvalue weighted by Crippen LogP contribution is 2.39. The smallest absolute Gasteiger partial charge is 0.224 e. The number of anilines is 1. The summed E-state index contributed by atoms with van der Waals surface area (Å²) in [6.45, 7) is 0. The molecular formula is C21H23Cl2NO2. The van der Waals surface area contributed by atoms with Gasteiger partial charge in [0, 0.05) is 17.1 Å². The van der Waals surface area contributed by atoms with E-state index in [9.17, 15) is 4.79 Å². The fraction of sp³-hybridized carbons (Fsp3) is 0.381. The summed E-state index contributed by atoms with van der Waals surface area (Å²) in [6.07, 6.45) is 4.85. The maximum absolute atomic E-state index is 12.3. The Morgan fingerprint density at radius 1 is 1.08 bits per heavy atom. The SMILES string of the molecule is COc1ccc([C@H]2CC[C@@H](CC(=O)Nc3ccc(Cl)cc3)CC2)cc1Cl. The van der Waals surface area contributed by atoms with Crippen molar-refractivity contribution in [1.82, 2.24) is 0 Å². The summed E-state index contributed by atoms with van der Waals surface area (Å²) < 4.78 is 5.22. The fourth-order valence-corrected chi connectivity index (χ4v) is 4.04. The van der Waals surface area contributed by atoms with Crippen LogP contribution in [-0.4, -0.2) is 13.0 Å². The van der Waals surface area contributed by atoms with Gasteiger partial charge in [0.05, 0.1) is 12.1 Å². The van der Waals surface area contributed by atoms with Gasteiger partial charge in [-0.25, -0.2) is 0 Å². The van der Waals surface area contributed by atoms with Gasteiger partial charge in [-0.3, -0.25) is 4.79 Å².